The van der Waals surface area contributed by atoms with Crippen LogP contribution >= 0.6 is 0 Å². The zero-order chi connectivity index (χ0) is 14.9. The second kappa shape index (κ2) is 4.83. The fourth-order valence-corrected chi connectivity index (χ4v) is 1.56. The van der Waals surface area contributed by atoms with Gasteiger partial charge in [-0.3, -0.25) is 9.89 Å². The highest BCUT2D eigenvalue weighted by molar-refractivity contribution is 6.07. The van der Waals surface area contributed by atoms with Gasteiger partial charge in [-0.25, -0.2) is 4.98 Å². The highest BCUT2D eigenvalue weighted by Crippen LogP contribution is 2.27. The largest absolute Gasteiger partial charge is 0.433 e. The Morgan fingerprint density at radius 1 is 1.40 bits per heavy atom. The molecule has 0 radical (unpaired) electrons. The lowest BCUT2D eigenvalue weighted by Crippen LogP contribution is -2.15. The molecule has 6 nitrogen and oxygen atoms in total. The third-order valence-corrected chi connectivity index (χ3v) is 2.51. The van der Waals surface area contributed by atoms with Crippen LogP contribution in [0.15, 0.2) is 18.3 Å². The van der Waals surface area contributed by atoms with Crippen molar-refractivity contribution in [1.82, 2.24) is 15.2 Å². The van der Waals surface area contributed by atoms with Crippen molar-refractivity contribution in [3.05, 3.63) is 35.3 Å². The molecule has 0 bridgehead atoms. The summed E-state index contributed by atoms with van der Waals surface area (Å²) in [6.45, 7) is 1.60. The van der Waals surface area contributed by atoms with Gasteiger partial charge in [0.25, 0.3) is 5.91 Å². The number of amides is 1. The van der Waals surface area contributed by atoms with Gasteiger partial charge in [0.1, 0.15) is 11.3 Å². The molecule has 0 spiro atoms. The Bertz CT molecular complexity index is 613. The van der Waals surface area contributed by atoms with Gasteiger partial charge in [-0.2, -0.15) is 18.3 Å². The summed E-state index contributed by atoms with van der Waals surface area (Å²) in [4.78, 5) is 15.1. The quantitative estimate of drug-likeness (QED) is 0.785. The second-order valence-electron chi connectivity index (χ2n) is 3.99. The molecule has 0 aromatic carbocycles. The number of nitrogen functional groups attached to an aromatic ring is 1. The van der Waals surface area contributed by atoms with Gasteiger partial charge < -0.3 is 11.1 Å². The van der Waals surface area contributed by atoms with E-state index in [9.17, 15) is 18.0 Å². The second-order valence-corrected chi connectivity index (χ2v) is 3.99. The molecule has 0 aliphatic carbocycles. The van der Waals surface area contributed by atoms with Crippen molar-refractivity contribution in [2.75, 3.05) is 11.1 Å². The fourth-order valence-electron chi connectivity index (χ4n) is 1.56. The van der Waals surface area contributed by atoms with Crippen molar-refractivity contribution in [2.45, 2.75) is 13.1 Å². The number of aromatic amines is 1. The number of pyridine rings is 1. The van der Waals surface area contributed by atoms with Gasteiger partial charge in [0.2, 0.25) is 0 Å². The van der Waals surface area contributed by atoms with E-state index in [0.29, 0.717) is 5.69 Å². The number of rotatable bonds is 2. The number of hydrogen-bond acceptors (Lipinski definition) is 4. The molecular weight excluding hydrogens is 275 g/mol. The van der Waals surface area contributed by atoms with Crippen LogP contribution in [0.3, 0.4) is 0 Å². The first-order valence-electron chi connectivity index (χ1n) is 5.44. The third kappa shape index (κ3) is 2.71. The number of hydrogen-bond donors (Lipinski definition) is 3. The Morgan fingerprint density at radius 3 is 2.55 bits per heavy atom. The van der Waals surface area contributed by atoms with Crippen LogP contribution in [-0.2, 0) is 6.18 Å². The minimum absolute atomic E-state index is 0.0138. The normalized spacial score (nSPS) is 11.4. The number of halogens is 3. The molecule has 20 heavy (non-hydrogen) atoms. The van der Waals surface area contributed by atoms with Crippen molar-refractivity contribution >= 4 is 17.4 Å². The SMILES string of the molecule is Cc1[nH]nc(N)c1C(=O)Nc1ccc(C(F)(F)F)nc1. The molecule has 2 aromatic heterocycles. The maximum absolute atomic E-state index is 12.3. The van der Waals surface area contributed by atoms with E-state index in [1.165, 1.54) is 0 Å². The maximum atomic E-state index is 12.3. The number of carbonyl (C=O) groups excluding carboxylic acids is 1. The summed E-state index contributed by atoms with van der Waals surface area (Å²) in [6.07, 6.45) is -3.60. The minimum atomic E-state index is -4.52. The van der Waals surface area contributed by atoms with Crippen molar-refractivity contribution in [1.29, 1.82) is 0 Å². The number of anilines is 2. The molecular formula is C11H10F3N5O. The number of aryl methyl sites for hydroxylation is 1. The van der Waals surface area contributed by atoms with Crippen LogP contribution in [0, 0.1) is 6.92 Å². The molecule has 0 atom stereocenters. The summed E-state index contributed by atoms with van der Waals surface area (Å²) < 4.78 is 37.0. The molecule has 0 saturated heterocycles. The maximum Gasteiger partial charge on any atom is 0.433 e. The van der Waals surface area contributed by atoms with E-state index >= 15 is 0 Å². The number of nitrogens with two attached hydrogens (primary N) is 1. The summed E-state index contributed by atoms with van der Waals surface area (Å²) in [5.74, 6) is -0.560. The molecule has 0 aliphatic rings. The topological polar surface area (TPSA) is 96.7 Å². The van der Waals surface area contributed by atoms with E-state index in [0.717, 1.165) is 18.3 Å². The summed E-state index contributed by atoms with van der Waals surface area (Å²) in [6, 6.07) is 1.89. The number of alkyl halides is 3. The van der Waals surface area contributed by atoms with Gasteiger partial charge in [0.05, 0.1) is 11.9 Å². The number of aromatic nitrogens is 3. The first-order chi connectivity index (χ1) is 9.29. The zero-order valence-corrected chi connectivity index (χ0v) is 10.2. The van der Waals surface area contributed by atoms with Gasteiger partial charge in [-0.05, 0) is 19.1 Å². The van der Waals surface area contributed by atoms with Gasteiger partial charge in [0, 0.05) is 5.69 Å². The predicted octanol–water partition coefficient (Wildman–Crippen LogP) is 1.97. The smallest absolute Gasteiger partial charge is 0.382 e. The summed E-state index contributed by atoms with van der Waals surface area (Å²) in [5.41, 5.74) is 5.21. The zero-order valence-electron chi connectivity index (χ0n) is 10.2. The van der Waals surface area contributed by atoms with E-state index in [-0.39, 0.29) is 17.1 Å². The average molecular weight is 285 g/mol. The van der Waals surface area contributed by atoms with Crippen LogP contribution in [0.25, 0.3) is 0 Å². The van der Waals surface area contributed by atoms with Gasteiger partial charge in [-0.15, -0.1) is 0 Å². The van der Waals surface area contributed by atoms with Crippen molar-refractivity contribution in [3.63, 3.8) is 0 Å². The molecule has 106 valence electrons. The highest BCUT2D eigenvalue weighted by atomic mass is 19.4. The van der Waals surface area contributed by atoms with Crippen molar-refractivity contribution < 1.29 is 18.0 Å². The third-order valence-electron chi connectivity index (χ3n) is 2.51. The number of carbonyl (C=O) groups is 1. The summed E-state index contributed by atoms with van der Waals surface area (Å²) in [7, 11) is 0. The first-order valence-corrected chi connectivity index (χ1v) is 5.44. The van der Waals surface area contributed by atoms with E-state index in [1.807, 2.05) is 0 Å². The van der Waals surface area contributed by atoms with Crippen LogP contribution in [0.5, 0.6) is 0 Å². The van der Waals surface area contributed by atoms with Crippen LogP contribution in [0.1, 0.15) is 21.7 Å². The Labute approximate surface area is 111 Å². The van der Waals surface area contributed by atoms with Crippen LogP contribution < -0.4 is 11.1 Å². The molecule has 2 aromatic rings. The molecule has 9 heteroatoms. The standard InChI is InChI=1S/C11H10F3N5O/c1-5-8(9(15)19-18-5)10(20)17-6-2-3-7(16-4-6)11(12,13)14/h2-4H,1H3,(H,17,20)(H3,15,18,19). The lowest BCUT2D eigenvalue weighted by atomic mass is 10.2. The number of nitrogens with one attached hydrogen (secondary N) is 2. The monoisotopic (exact) mass is 285 g/mol. The van der Waals surface area contributed by atoms with E-state index < -0.39 is 17.8 Å². The fraction of sp³-hybridized carbons (Fsp3) is 0.182. The Kier molecular flexibility index (Phi) is 3.35. The van der Waals surface area contributed by atoms with Crippen molar-refractivity contribution in [3.8, 4) is 0 Å². The van der Waals surface area contributed by atoms with Crippen LogP contribution in [-0.4, -0.2) is 21.1 Å². The van der Waals surface area contributed by atoms with Gasteiger partial charge in [0.15, 0.2) is 5.82 Å². The summed E-state index contributed by atoms with van der Waals surface area (Å²) in [5, 5.41) is 8.58. The lowest BCUT2D eigenvalue weighted by Gasteiger charge is -2.08. The summed E-state index contributed by atoms with van der Waals surface area (Å²) >= 11 is 0. The number of H-pyrrole nitrogens is 1. The van der Waals surface area contributed by atoms with E-state index in [4.69, 9.17) is 5.73 Å². The van der Waals surface area contributed by atoms with E-state index in [1.54, 1.807) is 6.92 Å². The average Bonchev–Trinajstić information content (AvgIpc) is 2.68. The Morgan fingerprint density at radius 2 is 2.10 bits per heavy atom. The van der Waals surface area contributed by atoms with E-state index in [2.05, 4.69) is 20.5 Å². The molecule has 2 heterocycles. The molecule has 4 N–H and O–H groups in total. The van der Waals surface area contributed by atoms with Gasteiger partial charge >= 0.3 is 6.18 Å². The number of nitrogens with zero attached hydrogens (tertiary/aromatic N) is 2. The highest BCUT2D eigenvalue weighted by Gasteiger charge is 2.32. The van der Waals surface area contributed by atoms with Gasteiger partial charge in [-0.1, -0.05) is 0 Å². The Balaban J connectivity index is 2.17. The molecule has 2 rings (SSSR count). The van der Waals surface area contributed by atoms with Crippen molar-refractivity contribution in [2.24, 2.45) is 0 Å². The molecule has 1 amide bonds. The molecule has 0 fully saturated rings. The molecule has 0 unspecified atom stereocenters. The molecule has 0 aliphatic heterocycles. The minimum Gasteiger partial charge on any atom is -0.382 e. The predicted molar refractivity (Wildman–Crippen MR) is 64.9 cm³/mol. The Hall–Kier alpha value is -2.58. The molecule has 0 saturated carbocycles. The first kappa shape index (κ1) is 13.8. The van der Waals surface area contributed by atoms with Crippen LogP contribution in [0.4, 0.5) is 24.7 Å². The lowest BCUT2D eigenvalue weighted by molar-refractivity contribution is -0.141. The van der Waals surface area contributed by atoms with Crippen LogP contribution in [0.2, 0.25) is 0 Å².